The second-order valence-electron chi connectivity index (χ2n) is 2.42. The van der Waals surface area contributed by atoms with E-state index >= 15 is 0 Å². The zero-order valence-corrected chi connectivity index (χ0v) is 5.20. The number of nitrogens with zero attached hydrogens (tertiary/aromatic N) is 2. The molecule has 0 saturated heterocycles. The molecule has 3 aliphatic rings. The average Bonchev–Trinajstić information content (AvgIpc) is 2.42. The third kappa shape index (κ3) is 0.287. The molecular weight excluding hydrogens is 124 g/mol. The van der Waals surface area contributed by atoms with Crippen molar-refractivity contribution in [3.8, 4) is 22.5 Å². The Hall–Kier alpha value is -1.44. The molecule has 2 aliphatic carbocycles. The van der Waals surface area contributed by atoms with E-state index in [9.17, 15) is 0 Å². The topological polar surface area (TPSA) is 25.8 Å². The molecule has 0 bridgehead atoms. The maximum atomic E-state index is 4.11. The molecule has 0 amide bonds. The Labute approximate surface area is 57.9 Å². The monoisotopic (exact) mass is 128 g/mol. The van der Waals surface area contributed by atoms with Crippen LogP contribution in [0.5, 0.6) is 0 Å². The van der Waals surface area contributed by atoms with E-state index in [4.69, 9.17) is 0 Å². The highest BCUT2D eigenvalue weighted by Gasteiger charge is 2.25. The molecule has 0 aromatic heterocycles. The minimum absolute atomic E-state index is 1.07. The molecule has 10 heavy (non-hydrogen) atoms. The number of imidazole rings is 1. The van der Waals surface area contributed by atoms with Gasteiger partial charge in [-0.15, -0.1) is 0 Å². The van der Waals surface area contributed by atoms with Gasteiger partial charge in [0.25, 0.3) is 0 Å². The van der Waals surface area contributed by atoms with Gasteiger partial charge in [0.1, 0.15) is 6.33 Å². The van der Waals surface area contributed by atoms with Crippen molar-refractivity contribution >= 4 is 0 Å². The molecule has 2 nitrogen and oxygen atoms in total. The highest BCUT2D eigenvalue weighted by atomic mass is 14.9. The number of rotatable bonds is 0. The van der Waals surface area contributed by atoms with Crippen LogP contribution in [0, 0.1) is 0 Å². The summed E-state index contributed by atoms with van der Waals surface area (Å²) >= 11 is 0. The van der Waals surface area contributed by atoms with Gasteiger partial charge in [-0.2, -0.15) is 0 Å². The largest absolute Gasteiger partial charge is 0.234 e. The standard InChI is InChI=1S/C8H4N2/c1-2-5-6(3-1)8-7(5)9-4-10-8/h1-4H. The third-order valence-electron chi connectivity index (χ3n) is 1.92. The molecule has 0 aromatic rings. The smallest absolute Gasteiger partial charge is 0.116 e. The van der Waals surface area contributed by atoms with Crippen molar-refractivity contribution in [1.82, 2.24) is 9.97 Å². The first kappa shape index (κ1) is 4.39. The van der Waals surface area contributed by atoms with Gasteiger partial charge in [-0.3, -0.25) is 0 Å². The van der Waals surface area contributed by atoms with Crippen LogP contribution in [0.4, 0.5) is 0 Å². The fourth-order valence-corrected chi connectivity index (χ4v) is 1.43. The van der Waals surface area contributed by atoms with Crippen molar-refractivity contribution in [3.05, 3.63) is 24.5 Å². The predicted molar refractivity (Wildman–Crippen MR) is 37.6 cm³/mol. The molecule has 1 heterocycles. The number of aromatic nitrogens is 2. The van der Waals surface area contributed by atoms with Crippen LogP contribution in [0.15, 0.2) is 24.5 Å². The Bertz CT molecular complexity index is 296. The van der Waals surface area contributed by atoms with Crippen molar-refractivity contribution in [2.75, 3.05) is 0 Å². The van der Waals surface area contributed by atoms with Crippen LogP contribution in [0.1, 0.15) is 0 Å². The van der Waals surface area contributed by atoms with Crippen LogP contribution in [0.3, 0.4) is 0 Å². The van der Waals surface area contributed by atoms with E-state index in [1.807, 2.05) is 6.07 Å². The lowest BCUT2D eigenvalue weighted by Gasteiger charge is -2.10. The summed E-state index contributed by atoms with van der Waals surface area (Å²) in [5.41, 5.74) is 4.65. The molecule has 0 fully saturated rings. The average molecular weight is 128 g/mol. The predicted octanol–water partition coefficient (Wildman–Crippen LogP) is 1.56. The van der Waals surface area contributed by atoms with Crippen LogP contribution in [0.2, 0.25) is 0 Å². The number of fused-ring (bicyclic) bond motifs is 4. The first-order chi connectivity index (χ1) is 4.97. The van der Waals surface area contributed by atoms with E-state index in [1.54, 1.807) is 6.33 Å². The molecule has 0 spiro atoms. The van der Waals surface area contributed by atoms with E-state index in [-0.39, 0.29) is 0 Å². The number of hydrogen-bond acceptors (Lipinski definition) is 2. The highest BCUT2D eigenvalue weighted by Crippen LogP contribution is 2.44. The molecule has 0 saturated carbocycles. The molecule has 0 aromatic carbocycles. The zero-order valence-electron chi connectivity index (χ0n) is 5.20. The van der Waals surface area contributed by atoms with E-state index < -0.39 is 0 Å². The van der Waals surface area contributed by atoms with Crippen LogP contribution in [-0.2, 0) is 0 Å². The third-order valence-corrected chi connectivity index (χ3v) is 1.92. The molecule has 0 N–H and O–H groups in total. The second kappa shape index (κ2) is 1.19. The fraction of sp³-hybridized carbons (Fsp3) is 0. The van der Waals surface area contributed by atoms with Crippen molar-refractivity contribution in [2.24, 2.45) is 0 Å². The van der Waals surface area contributed by atoms with E-state index in [0.29, 0.717) is 0 Å². The van der Waals surface area contributed by atoms with Gasteiger partial charge in [0.05, 0.1) is 11.4 Å². The van der Waals surface area contributed by atoms with Crippen LogP contribution in [0.25, 0.3) is 22.5 Å². The van der Waals surface area contributed by atoms with Gasteiger partial charge in [0, 0.05) is 11.1 Å². The lowest BCUT2D eigenvalue weighted by Crippen LogP contribution is -1.92. The molecule has 0 radical (unpaired) electrons. The van der Waals surface area contributed by atoms with Crippen molar-refractivity contribution in [2.45, 2.75) is 0 Å². The van der Waals surface area contributed by atoms with E-state index in [2.05, 4.69) is 22.1 Å². The lowest BCUT2D eigenvalue weighted by atomic mass is 9.95. The Morgan fingerprint density at radius 3 is 2.10 bits per heavy atom. The van der Waals surface area contributed by atoms with Gasteiger partial charge in [-0.25, -0.2) is 9.97 Å². The Kier molecular flexibility index (Phi) is 0.520. The molecule has 2 heteroatoms. The lowest BCUT2D eigenvalue weighted by molar-refractivity contribution is 1.34. The summed E-state index contributed by atoms with van der Waals surface area (Å²) in [5.74, 6) is 0. The summed E-state index contributed by atoms with van der Waals surface area (Å²) in [5, 5.41) is 0. The van der Waals surface area contributed by atoms with Crippen LogP contribution < -0.4 is 0 Å². The van der Waals surface area contributed by atoms with Gasteiger partial charge >= 0.3 is 0 Å². The van der Waals surface area contributed by atoms with Gasteiger partial charge in [0.2, 0.25) is 0 Å². The minimum atomic E-state index is 1.07. The highest BCUT2D eigenvalue weighted by molar-refractivity contribution is 5.98. The zero-order chi connectivity index (χ0) is 6.55. The second-order valence-corrected chi connectivity index (χ2v) is 2.42. The molecule has 1 aliphatic heterocycles. The Morgan fingerprint density at radius 1 is 0.900 bits per heavy atom. The SMILES string of the molecule is c1cc2c3ncnc-3c-2c1. The Morgan fingerprint density at radius 2 is 1.50 bits per heavy atom. The van der Waals surface area contributed by atoms with E-state index in [1.165, 1.54) is 11.1 Å². The summed E-state index contributed by atoms with van der Waals surface area (Å²) in [6.07, 6.45) is 1.62. The normalized spacial score (nSPS) is 12.0. The Balaban J connectivity index is 2.54. The van der Waals surface area contributed by atoms with Crippen molar-refractivity contribution in [1.29, 1.82) is 0 Å². The van der Waals surface area contributed by atoms with Gasteiger partial charge < -0.3 is 0 Å². The molecule has 3 rings (SSSR count). The minimum Gasteiger partial charge on any atom is -0.234 e. The maximum absolute atomic E-state index is 4.11. The molecular formula is C8H4N2. The summed E-state index contributed by atoms with van der Waals surface area (Å²) in [7, 11) is 0. The fourth-order valence-electron chi connectivity index (χ4n) is 1.43. The van der Waals surface area contributed by atoms with Gasteiger partial charge in [-0.05, 0) is 0 Å². The first-order valence-electron chi connectivity index (χ1n) is 3.21. The summed E-state index contributed by atoms with van der Waals surface area (Å²) in [4.78, 5) is 8.21. The first-order valence-corrected chi connectivity index (χ1v) is 3.21. The van der Waals surface area contributed by atoms with Crippen LogP contribution in [-0.4, -0.2) is 9.97 Å². The van der Waals surface area contributed by atoms with Crippen molar-refractivity contribution < 1.29 is 0 Å². The molecule has 0 atom stereocenters. The maximum Gasteiger partial charge on any atom is 0.116 e. The summed E-state index contributed by atoms with van der Waals surface area (Å²) < 4.78 is 0. The number of hydrogen-bond donors (Lipinski definition) is 0. The summed E-state index contributed by atoms with van der Waals surface area (Å²) in [6, 6.07) is 6.19. The van der Waals surface area contributed by atoms with Crippen molar-refractivity contribution in [3.63, 3.8) is 0 Å². The molecule has 46 valence electrons. The van der Waals surface area contributed by atoms with Gasteiger partial charge in [-0.1, -0.05) is 18.2 Å². The summed E-state index contributed by atoms with van der Waals surface area (Å²) in [6.45, 7) is 0. The van der Waals surface area contributed by atoms with Crippen LogP contribution >= 0.6 is 0 Å². The quantitative estimate of drug-likeness (QED) is 0.459. The van der Waals surface area contributed by atoms with E-state index in [0.717, 1.165) is 11.4 Å². The molecule has 0 unspecified atom stereocenters. The van der Waals surface area contributed by atoms with Gasteiger partial charge in [0.15, 0.2) is 0 Å².